The van der Waals surface area contributed by atoms with E-state index >= 15 is 0 Å². The predicted molar refractivity (Wildman–Crippen MR) is 74.5 cm³/mol. The van der Waals surface area contributed by atoms with E-state index in [2.05, 4.69) is 25.8 Å². The maximum atomic E-state index is 9.54. The van der Waals surface area contributed by atoms with E-state index in [1.807, 2.05) is 12.1 Å². The molecule has 18 heavy (non-hydrogen) atoms. The van der Waals surface area contributed by atoms with Crippen LogP contribution in [-0.4, -0.2) is 10.1 Å². The summed E-state index contributed by atoms with van der Waals surface area (Å²) in [5.74, 6) is 0.196. The fraction of sp³-hybridized carbons (Fsp3) is 0.267. The van der Waals surface area contributed by atoms with Crippen LogP contribution in [0.2, 0.25) is 0 Å². The average molecular weight is 242 g/mol. The second kappa shape index (κ2) is 4.33. The molecule has 0 saturated carbocycles. The Hall–Kier alpha value is -2.03. The van der Waals surface area contributed by atoms with E-state index in [-0.39, 0.29) is 11.2 Å². The third-order valence-corrected chi connectivity index (χ3v) is 2.94. The van der Waals surface area contributed by atoms with Crippen molar-refractivity contribution < 1.29 is 5.11 Å². The summed E-state index contributed by atoms with van der Waals surface area (Å²) in [4.78, 5) is 4.33. The van der Waals surface area contributed by atoms with Crippen molar-refractivity contribution in [2.45, 2.75) is 26.2 Å². The van der Waals surface area contributed by atoms with Gasteiger partial charge in [0.2, 0.25) is 0 Å². The van der Waals surface area contributed by atoms with Crippen molar-refractivity contribution in [1.82, 2.24) is 4.98 Å². The molecule has 0 unspecified atom stereocenters. The third kappa shape index (κ3) is 2.45. The minimum absolute atomic E-state index is 0.0588. The fourth-order valence-electron chi connectivity index (χ4n) is 1.81. The van der Waals surface area contributed by atoms with Crippen LogP contribution >= 0.6 is 0 Å². The number of rotatable bonds is 1. The first-order valence-corrected chi connectivity index (χ1v) is 5.93. The van der Waals surface area contributed by atoms with Gasteiger partial charge < -0.3 is 10.8 Å². The Bertz CT molecular complexity index is 571. The number of phenols is 1. The maximum absolute atomic E-state index is 9.54. The summed E-state index contributed by atoms with van der Waals surface area (Å²) in [7, 11) is 0. The summed E-state index contributed by atoms with van der Waals surface area (Å²) in [5.41, 5.74) is 9.35. The normalized spacial score (nSPS) is 11.5. The molecular weight excluding hydrogens is 224 g/mol. The quantitative estimate of drug-likeness (QED) is 0.595. The summed E-state index contributed by atoms with van der Waals surface area (Å²) in [6.45, 7) is 6.45. The topological polar surface area (TPSA) is 59.1 Å². The molecule has 0 spiro atoms. The highest BCUT2D eigenvalue weighted by Crippen LogP contribution is 2.30. The van der Waals surface area contributed by atoms with E-state index < -0.39 is 0 Å². The van der Waals surface area contributed by atoms with Crippen molar-refractivity contribution in [2.75, 3.05) is 5.73 Å². The fourth-order valence-corrected chi connectivity index (χ4v) is 1.81. The lowest BCUT2D eigenvalue weighted by atomic mass is 9.87. The lowest BCUT2D eigenvalue weighted by Gasteiger charge is -2.19. The van der Waals surface area contributed by atoms with Gasteiger partial charge in [0.1, 0.15) is 5.75 Å². The van der Waals surface area contributed by atoms with Crippen LogP contribution in [-0.2, 0) is 5.41 Å². The van der Waals surface area contributed by atoms with Crippen molar-refractivity contribution in [2.24, 2.45) is 0 Å². The molecule has 0 bridgehead atoms. The lowest BCUT2D eigenvalue weighted by Crippen LogP contribution is -2.11. The minimum Gasteiger partial charge on any atom is -0.508 e. The molecule has 0 atom stereocenters. The molecule has 2 rings (SSSR count). The molecule has 0 radical (unpaired) electrons. The van der Waals surface area contributed by atoms with E-state index in [4.69, 9.17) is 5.73 Å². The third-order valence-electron chi connectivity index (χ3n) is 2.94. The number of aromatic nitrogens is 1. The second-order valence-corrected chi connectivity index (χ2v) is 5.45. The number of nitrogen functional groups attached to an aromatic ring is 1. The van der Waals surface area contributed by atoms with Gasteiger partial charge in [-0.1, -0.05) is 20.8 Å². The smallest absolute Gasteiger partial charge is 0.116 e. The van der Waals surface area contributed by atoms with Crippen LogP contribution < -0.4 is 5.73 Å². The first-order chi connectivity index (χ1) is 8.38. The van der Waals surface area contributed by atoms with Gasteiger partial charge in [-0.05, 0) is 41.3 Å². The number of hydrogen-bond acceptors (Lipinski definition) is 3. The molecule has 0 aliphatic rings. The van der Waals surface area contributed by atoms with E-state index in [1.165, 1.54) is 5.56 Å². The second-order valence-electron chi connectivity index (χ2n) is 5.45. The van der Waals surface area contributed by atoms with Crippen LogP contribution in [0.4, 0.5) is 5.69 Å². The van der Waals surface area contributed by atoms with Crippen LogP contribution in [0.3, 0.4) is 0 Å². The van der Waals surface area contributed by atoms with Gasteiger partial charge in [0.05, 0.1) is 5.69 Å². The highest BCUT2D eigenvalue weighted by atomic mass is 16.3. The van der Waals surface area contributed by atoms with Crippen molar-refractivity contribution in [3.63, 3.8) is 0 Å². The first kappa shape index (κ1) is 12.4. The Morgan fingerprint density at radius 1 is 1.11 bits per heavy atom. The number of nitrogens with two attached hydrogens (primary N) is 1. The molecule has 3 N–H and O–H groups in total. The minimum atomic E-state index is 0.0588. The van der Waals surface area contributed by atoms with Gasteiger partial charge in [-0.3, -0.25) is 4.98 Å². The number of phenolic OH excluding ortho intramolecular Hbond substituents is 1. The molecule has 0 amide bonds. The zero-order chi connectivity index (χ0) is 13.3. The Balaban J connectivity index is 2.55. The van der Waals surface area contributed by atoms with E-state index in [0.717, 1.165) is 11.3 Å². The molecular formula is C15H18N2O. The monoisotopic (exact) mass is 242 g/mol. The SMILES string of the molecule is CC(C)(C)c1ccnc(-c2cc(O)ccc2N)c1. The molecule has 2 aromatic rings. The number of nitrogens with zero attached hydrogens (tertiary/aromatic N) is 1. The predicted octanol–water partition coefficient (Wildman–Crippen LogP) is 3.33. The Morgan fingerprint density at radius 3 is 2.50 bits per heavy atom. The van der Waals surface area contributed by atoms with E-state index in [0.29, 0.717) is 5.69 Å². The van der Waals surface area contributed by atoms with Gasteiger partial charge in [0.15, 0.2) is 0 Å². The zero-order valence-electron chi connectivity index (χ0n) is 10.9. The highest BCUT2D eigenvalue weighted by molar-refractivity contribution is 5.75. The lowest BCUT2D eigenvalue weighted by molar-refractivity contribution is 0.475. The van der Waals surface area contributed by atoms with Gasteiger partial charge in [-0.25, -0.2) is 0 Å². The molecule has 0 aliphatic heterocycles. The summed E-state index contributed by atoms with van der Waals surface area (Å²) >= 11 is 0. The van der Waals surface area contributed by atoms with Gasteiger partial charge in [0.25, 0.3) is 0 Å². The Labute approximate surface area is 107 Å². The van der Waals surface area contributed by atoms with Crippen molar-refractivity contribution in [3.05, 3.63) is 42.1 Å². The summed E-state index contributed by atoms with van der Waals surface area (Å²) in [6.07, 6.45) is 1.78. The molecule has 1 aromatic heterocycles. The van der Waals surface area contributed by atoms with Crippen molar-refractivity contribution >= 4 is 5.69 Å². The maximum Gasteiger partial charge on any atom is 0.116 e. The van der Waals surface area contributed by atoms with E-state index in [1.54, 1.807) is 24.4 Å². The number of hydrogen-bond donors (Lipinski definition) is 2. The summed E-state index contributed by atoms with van der Waals surface area (Å²) in [6, 6.07) is 8.93. The zero-order valence-corrected chi connectivity index (χ0v) is 10.9. The number of aromatic hydroxyl groups is 1. The average Bonchev–Trinajstić information content (AvgIpc) is 2.31. The molecule has 0 aliphatic carbocycles. The van der Waals surface area contributed by atoms with Gasteiger partial charge >= 0.3 is 0 Å². The largest absolute Gasteiger partial charge is 0.508 e. The van der Waals surface area contributed by atoms with Crippen LogP contribution in [0.5, 0.6) is 5.75 Å². The molecule has 1 heterocycles. The van der Waals surface area contributed by atoms with Crippen LogP contribution in [0.25, 0.3) is 11.3 Å². The molecule has 3 nitrogen and oxygen atoms in total. The molecule has 94 valence electrons. The number of benzene rings is 1. The van der Waals surface area contributed by atoms with Crippen LogP contribution in [0, 0.1) is 0 Å². The summed E-state index contributed by atoms with van der Waals surface area (Å²) in [5, 5.41) is 9.54. The van der Waals surface area contributed by atoms with Crippen molar-refractivity contribution in [1.29, 1.82) is 0 Å². The van der Waals surface area contributed by atoms with Crippen molar-refractivity contribution in [3.8, 4) is 17.0 Å². The Morgan fingerprint density at radius 2 is 1.83 bits per heavy atom. The van der Waals surface area contributed by atoms with Crippen LogP contribution in [0.15, 0.2) is 36.5 Å². The number of pyridine rings is 1. The van der Waals surface area contributed by atoms with Crippen LogP contribution in [0.1, 0.15) is 26.3 Å². The van der Waals surface area contributed by atoms with E-state index in [9.17, 15) is 5.11 Å². The standard InChI is InChI=1S/C15H18N2O/c1-15(2,3)10-6-7-17-14(8-10)12-9-11(18)4-5-13(12)16/h4-9,18H,16H2,1-3H3. The number of anilines is 1. The summed E-state index contributed by atoms with van der Waals surface area (Å²) < 4.78 is 0. The first-order valence-electron chi connectivity index (χ1n) is 5.93. The van der Waals surface area contributed by atoms with Gasteiger partial charge in [-0.15, -0.1) is 0 Å². The highest BCUT2D eigenvalue weighted by Gasteiger charge is 2.15. The van der Waals surface area contributed by atoms with Gasteiger partial charge in [-0.2, -0.15) is 0 Å². The molecule has 1 aromatic carbocycles. The molecule has 0 saturated heterocycles. The van der Waals surface area contributed by atoms with Gasteiger partial charge in [0, 0.05) is 17.4 Å². The molecule has 3 heteroatoms. The molecule has 0 fully saturated rings. The Kier molecular flexibility index (Phi) is 2.99.